The summed E-state index contributed by atoms with van der Waals surface area (Å²) in [5.41, 5.74) is 2.42. The number of rotatable bonds is 5. The molecule has 0 unspecified atom stereocenters. The van der Waals surface area contributed by atoms with Gasteiger partial charge in [0.2, 0.25) is 0 Å². The second-order valence-corrected chi connectivity index (χ2v) is 6.27. The molecule has 6 nitrogen and oxygen atoms in total. The molecule has 1 atom stereocenters. The molecule has 1 aromatic heterocycles. The van der Waals surface area contributed by atoms with Crippen LogP contribution >= 0.6 is 11.6 Å². The van der Waals surface area contributed by atoms with Gasteiger partial charge in [0.25, 0.3) is 5.91 Å². The maximum Gasteiger partial charge on any atom is 0.254 e. The molecule has 0 bridgehead atoms. The minimum atomic E-state index is -0.124. The number of carbonyl (C=O) groups excluding carboxylic acids is 1. The first kappa shape index (κ1) is 17.0. The van der Waals surface area contributed by atoms with Gasteiger partial charge in [-0.2, -0.15) is 5.10 Å². The Morgan fingerprint density at radius 1 is 1.46 bits per heavy atom. The Balaban J connectivity index is 1.74. The number of H-pyrrole nitrogens is 1. The highest BCUT2D eigenvalue weighted by Gasteiger charge is 2.24. The Morgan fingerprint density at radius 3 is 2.92 bits per heavy atom. The standard InChI is InChI=1S/C17H21ClN4O2/c1-12-15(10-20-21-12)17(23)19-11-16(22-5-7-24-8-6-22)13-3-2-4-14(18)9-13/h2-4,9-10,16H,5-8,11H2,1H3,(H,19,23)(H,20,21)/t16-/m0/s1. The third-order valence-electron chi connectivity index (χ3n) is 4.25. The zero-order valence-electron chi connectivity index (χ0n) is 13.6. The van der Waals surface area contributed by atoms with Gasteiger partial charge in [-0.15, -0.1) is 0 Å². The van der Waals surface area contributed by atoms with E-state index in [1.54, 1.807) is 6.20 Å². The van der Waals surface area contributed by atoms with E-state index in [-0.39, 0.29) is 11.9 Å². The summed E-state index contributed by atoms with van der Waals surface area (Å²) in [7, 11) is 0. The van der Waals surface area contributed by atoms with Crippen LogP contribution in [-0.2, 0) is 4.74 Å². The van der Waals surface area contributed by atoms with Crippen molar-refractivity contribution in [2.75, 3.05) is 32.8 Å². The van der Waals surface area contributed by atoms with E-state index in [2.05, 4.69) is 20.4 Å². The van der Waals surface area contributed by atoms with Gasteiger partial charge < -0.3 is 10.1 Å². The Hall–Kier alpha value is -1.89. The number of aryl methyl sites for hydroxylation is 1. The SMILES string of the molecule is Cc1[nH]ncc1C(=O)NC[C@@H](c1cccc(Cl)c1)N1CCOCC1. The number of morpholine rings is 1. The molecular formula is C17H21ClN4O2. The van der Waals surface area contributed by atoms with Crippen molar-refractivity contribution in [2.24, 2.45) is 0 Å². The quantitative estimate of drug-likeness (QED) is 0.868. The Bertz CT molecular complexity index is 697. The van der Waals surface area contributed by atoms with Gasteiger partial charge >= 0.3 is 0 Å². The molecule has 2 heterocycles. The predicted molar refractivity (Wildman–Crippen MR) is 92.2 cm³/mol. The number of benzene rings is 1. The van der Waals surface area contributed by atoms with Crippen LogP contribution in [0.5, 0.6) is 0 Å². The number of aromatic amines is 1. The van der Waals surface area contributed by atoms with Crippen LogP contribution in [-0.4, -0.2) is 53.9 Å². The molecule has 2 N–H and O–H groups in total. The summed E-state index contributed by atoms with van der Waals surface area (Å²) in [6, 6.07) is 7.85. The fraction of sp³-hybridized carbons (Fsp3) is 0.412. The van der Waals surface area contributed by atoms with Gasteiger partial charge in [-0.25, -0.2) is 0 Å². The first-order chi connectivity index (χ1) is 11.6. The molecule has 2 aromatic rings. The summed E-state index contributed by atoms with van der Waals surface area (Å²) in [4.78, 5) is 14.7. The number of amides is 1. The predicted octanol–water partition coefficient (Wildman–Crippen LogP) is 2.17. The van der Waals surface area contributed by atoms with Crippen LogP contribution in [0.3, 0.4) is 0 Å². The summed E-state index contributed by atoms with van der Waals surface area (Å²) in [6.45, 7) is 5.40. The van der Waals surface area contributed by atoms with Gasteiger partial charge in [-0.05, 0) is 24.6 Å². The minimum absolute atomic E-state index is 0.0590. The number of ether oxygens (including phenoxy) is 1. The second kappa shape index (κ2) is 7.79. The van der Waals surface area contributed by atoms with Crippen LogP contribution in [0.2, 0.25) is 5.02 Å². The van der Waals surface area contributed by atoms with E-state index >= 15 is 0 Å². The van der Waals surface area contributed by atoms with E-state index in [1.807, 2.05) is 31.2 Å². The molecule has 0 aliphatic carbocycles. The first-order valence-electron chi connectivity index (χ1n) is 8.00. The van der Waals surface area contributed by atoms with Gasteiger partial charge in [0.1, 0.15) is 0 Å². The van der Waals surface area contributed by atoms with Crippen molar-refractivity contribution >= 4 is 17.5 Å². The zero-order chi connectivity index (χ0) is 16.9. The van der Waals surface area contributed by atoms with Gasteiger partial charge in [-0.1, -0.05) is 23.7 Å². The summed E-state index contributed by atoms with van der Waals surface area (Å²) >= 11 is 6.15. The maximum atomic E-state index is 12.4. The number of hydrogen-bond acceptors (Lipinski definition) is 4. The molecule has 1 aliphatic heterocycles. The highest BCUT2D eigenvalue weighted by atomic mass is 35.5. The number of hydrogen-bond donors (Lipinski definition) is 2. The van der Waals surface area contributed by atoms with E-state index in [0.29, 0.717) is 30.3 Å². The number of nitrogens with zero attached hydrogens (tertiary/aromatic N) is 2. The third kappa shape index (κ3) is 3.95. The molecule has 1 amide bonds. The summed E-state index contributed by atoms with van der Waals surface area (Å²) in [6.07, 6.45) is 1.55. The molecule has 3 rings (SSSR count). The molecule has 0 saturated carbocycles. The lowest BCUT2D eigenvalue weighted by atomic mass is 10.0. The number of nitrogens with one attached hydrogen (secondary N) is 2. The number of halogens is 1. The second-order valence-electron chi connectivity index (χ2n) is 5.84. The van der Waals surface area contributed by atoms with Crippen LogP contribution in [0.25, 0.3) is 0 Å². The molecule has 7 heteroatoms. The normalized spacial score (nSPS) is 16.8. The van der Waals surface area contributed by atoms with Crippen molar-refractivity contribution in [1.82, 2.24) is 20.4 Å². The fourth-order valence-corrected chi connectivity index (χ4v) is 3.12. The van der Waals surface area contributed by atoms with Crippen molar-refractivity contribution < 1.29 is 9.53 Å². The van der Waals surface area contributed by atoms with Crippen LogP contribution < -0.4 is 5.32 Å². The van der Waals surface area contributed by atoms with Gasteiger partial charge in [0.05, 0.1) is 31.0 Å². The molecule has 1 aromatic carbocycles. The van der Waals surface area contributed by atoms with Crippen LogP contribution in [0.4, 0.5) is 0 Å². The summed E-state index contributed by atoms with van der Waals surface area (Å²) in [5.74, 6) is -0.124. The topological polar surface area (TPSA) is 70.2 Å². The lowest BCUT2D eigenvalue weighted by Gasteiger charge is -2.35. The molecular weight excluding hydrogens is 328 g/mol. The highest BCUT2D eigenvalue weighted by molar-refractivity contribution is 6.30. The molecule has 1 saturated heterocycles. The largest absolute Gasteiger partial charge is 0.379 e. The minimum Gasteiger partial charge on any atom is -0.379 e. The smallest absolute Gasteiger partial charge is 0.254 e. The van der Waals surface area contributed by atoms with E-state index < -0.39 is 0 Å². The zero-order valence-corrected chi connectivity index (χ0v) is 14.3. The maximum absolute atomic E-state index is 12.4. The first-order valence-corrected chi connectivity index (χ1v) is 8.38. The van der Waals surface area contributed by atoms with E-state index in [9.17, 15) is 4.79 Å². The van der Waals surface area contributed by atoms with E-state index in [1.165, 1.54) is 0 Å². The molecule has 1 aliphatic rings. The monoisotopic (exact) mass is 348 g/mol. The summed E-state index contributed by atoms with van der Waals surface area (Å²) < 4.78 is 5.44. The molecule has 0 spiro atoms. The van der Waals surface area contributed by atoms with E-state index in [4.69, 9.17) is 16.3 Å². The Morgan fingerprint density at radius 2 is 2.25 bits per heavy atom. The molecule has 24 heavy (non-hydrogen) atoms. The van der Waals surface area contributed by atoms with E-state index in [0.717, 1.165) is 24.3 Å². The van der Waals surface area contributed by atoms with Crippen molar-refractivity contribution in [1.29, 1.82) is 0 Å². The highest BCUT2D eigenvalue weighted by Crippen LogP contribution is 2.24. The Labute approximate surface area is 146 Å². The van der Waals surface area contributed by atoms with Crippen LogP contribution in [0.1, 0.15) is 27.7 Å². The van der Waals surface area contributed by atoms with Gasteiger partial charge in [0.15, 0.2) is 0 Å². The third-order valence-corrected chi connectivity index (χ3v) is 4.49. The summed E-state index contributed by atoms with van der Waals surface area (Å²) in [5, 5.41) is 10.4. The lowest BCUT2D eigenvalue weighted by molar-refractivity contribution is 0.0162. The van der Waals surface area contributed by atoms with Crippen molar-refractivity contribution in [2.45, 2.75) is 13.0 Å². The van der Waals surface area contributed by atoms with Crippen molar-refractivity contribution in [3.8, 4) is 0 Å². The van der Waals surface area contributed by atoms with Crippen LogP contribution in [0, 0.1) is 6.92 Å². The lowest BCUT2D eigenvalue weighted by Crippen LogP contribution is -2.43. The van der Waals surface area contributed by atoms with Crippen molar-refractivity contribution in [3.63, 3.8) is 0 Å². The number of aromatic nitrogens is 2. The molecule has 0 radical (unpaired) electrons. The van der Waals surface area contributed by atoms with Gasteiger partial charge in [0, 0.05) is 30.4 Å². The van der Waals surface area contributed by atoms with Crippen LogP contribution in [0.15, 0.2) is 30.5 Å². The average Bonchev–Trinajstić information content (AvgIpc) is 3.02. The number of carbonyl (C=O) groups is 1. The van der Waals surface area contributed by atoms with Gasteiger partial charge in [-0.3, -0.25) is 14.8 Å². The average molecular weight is 349 g/mol. The molecule has 1 fully saturated rings. The van der Waals surface area contributed by atoms with Crippen molar-refractivity contribution in [3.05, 3.63) is 52.3 Å². The molecule has 128 valence electrons. The Kier molecular flexibility index (Phi) is 5.50. The fourth-order valence-electron chi connectivity index (χ4n) is 2.92.